The number of carbonyl (C=O) groups is 1. The summed E-state index contributed by atoms with van der Waals surface area (Å²) in [6.07, 6.45) is 0. The van der Waals surface area contributed by atoms with Crippen molar-refractivity contribution in [2.45, 2.75) is 26.2 Å². The first-order chi connectivity index (χ1) is 17.1. The minimum atomic E-state index is -0.786. The van der Waals surface area contributed by atoms with Crippen LogP contribution in [0.5, 0.6) is 0 Å². The van der Waals surface area contributed by atoms with Gasteiger partial charge in [0.2, 0.25) is 0 Å². The van der Waals surface area contributed by atoms with Crippen LogP contribution < -0.4 is 5.32 Å². The molecule has 0 saturated carbocycles. The van der Waals surface area contributed by atoms with Crippen molar-refractivity contribution in [3.05, 3.63) is 117 Å². The van der Waals surface area contributed by atoms with Gasteiger partial charge in [0, 0.05) is 44.4 Å². The molecule has 36 heavy (non-hydrogen) atoms. The molecule has 0 radical (unpaired) electrons. The first kappa shape index (κ1) is 24.9. The summed E-state index contributed by atoms with van der Waals surface area (Å²) in [5.41, 5.74) is 2.71. The highest BCUT2D eigenvalue weighted by Crippen LogP contribution is 2.29. The molecule has 1 N–H and O–H groups in total. The maximum Gasteiger partial charge on any atom is 0.283 e. The number of nitro groups is 3. The van der Waals surface area contributed by atoms with E-state index in [9.17, 15) is 35.1 Å². The molecule has 0 saturated heterocycles. The molecular formula is C23H18BrN5O7. The Balaban J connectivity index is 1.40. The van der Waals surface area contributed by atoms with Crippen LogP contribution in [0, 0.1) is 30.3 Å². The largest absolute Gasteiger partial charge is 0.348 e. The highest BCUT2D eigenvalue weighted by molar-refractivity contribution is 9.10. The van der Waals surface area contributed by atoms with E-state index in [1.807, 2.05) is 18.2 Å². The van der Waals surface area contributed by atoms with Crippen molar-refractivity contribution in [2.75, 3.05) is 0 Å². The molecule has 0 unspecified atom stereocenters. The van der Waals surface area contributed by atoms with Gasteiger partial charge in [-0.2, -0.15) is 0 Å². The molecule has 1 aliphatic heterocycles. The van der Waals surface area contributed by atoms with Gasteiger partial charge in [0.1, 0.15) is 0 Å². The third-order valence-electron chi connectivity index (χ3n) is 5.71. The Morgan fingerprint density at radius 3 is 2.08 bits per heavy atom. The van der Waals surface area contributed by atoms with Crippen molar-refractivity contribution in [3.8, 4) is 0 Å². The monoisotopic (exact) mass is 555 g/mol. The van der Waals surface area contributed by atoms with Gasteiger partial charge in [-0.1, -0.05) is 24.3 Å². The molecule has 4 rings (SSSR count). The van der Waals surface area contributed by atoms with Gasteiger partial charge in [0.25, 0.3) is 23.0 Å². The van der Waals surface area contributed by atoms with Crippen LogP contribution in [0.1, 0.15) is 32.6 Å². The zero-order valence-corrected chi connectivity index (χ0v) is 20.1. The Hall–Kier alpha value is -4.23. The molecule has 1 heterocycles. The third kappa shape index (κ3) is 5.53. The third-order valence-corrected chi connectivity index (χ3v) is 6.35. The van der Waals surface area contributed by atoms with E-state index in [4.69, 9.17) is 0 Å². The summed E-state index contributed by atoms with van der Waals surface area (Å²) in [7, 11) is 0. The average molecular weight is 556 g/mol. The topological polar surface area (TPSA) is 162 Å². The molecule has 0 aromatic heterocycles. The van der Waals surface area contributed by atoms with E-state index in [1.165, 1.54) is 6.07 Å². The number of nitrogens with zero attached hydrogens (tertiary/aromatic N) is 4. The fourth-order valence-electron chi connectivity index (χ4n) is 4.02. The molecule has 0 atom stereocenters. The van der Waals surface area contributed by atoms with Crippen molar-refractivity contribution in [1.29, 1.82) is 0 Å². The molecular weight excluding hydrogens is 538 g/mol. The fourth-order valence-corrected chi connectivity index (χ4v) is 4.59. The van der Waals surface area contributed by atoms with Gasteiger partial charge in [-0.15, -0.1) is 0 Å². The number of amides is 1. The summed E-state index contributed by atoms with van der Waals surface area (Å²) in [6.45, 7) is 2.09. The van der Waals surface area contributed by atoms with Crippen molar-refractivity contribution in [3.63, 3.8) is 0 Å². The number of fused-ring (bicyclic) bond motifs is 1. The Bertz CT molecular complexity index is 1380. The molecule has 0 bridgehead atoms. The first-order valence-corrected chi connectivity index (χ1v) is 11.4. The average Bonchev–Trinajstić information content (AvgIpc) is 3.23. The summed E-state index contributed by atoms with van der Waals surface area (Å²) in [5, 5.41) is 35.8. The van der Waals surface area contributed by atoms with Crippen molar-refractivity contribution < 1.29 is 19.6 Å². The number of nitrogens with one attached hydrogen (secondary N) is 1. The number of carbonyl (C=O) groups excluding carboxylic acids is 1. The summed E-state index contributed by atoms with van der Waals surface area (Å²) in [6, 6.07) is 13.5. The lowest BCUT2D eigenvalue weighted by Crippen LogP contribution is -2.23. The minimum absolute atomic E-state index is 0.00913. The van der Waals surface area contributed by atoms with Gasteiger partial charge in [-0.25, -0.2) is 0 Å². The Labute approximate surface area is 212 Å². The minimum Gasteiger partial charge on any atom is -0.348 e. The second-order valence-corrected chi connectivity index (χ2v) is 9.08. The van der Waals surface area contributed by atoms with Crippen LogP contribution in [-0.2, 0) is 26.2 Å². The van der Waals surface area contributed by atoms with E-state index in [2.05, 4.69) is 26.1 Å². The number of non-ortho nitro benzene ring substituents is 2. The molecule has 3 aromatic carbocycles. The van der Waals surface area contributed by atoms with Crippen LogP contribution in [0.3, 0.4) is 0 Å². The van der Waals surface area contributed by atoms with Crippen LogP contribution in [0.4, 0.5) is 17.1 Å². The van der Waals surface area contributed by atoms with Crippen molar-refractivity contribution >= 4 is 38.9 Å². The fraction of sp³-hybridized carbons (Fsp3) is 0.174. The Kier molecular flexibility index (Phi) is 7.03. The second kappa shape index (κ2) is 10.2. The quantitative estimate of drug-likeness (QED) is 0.311. The van der Waals surface area contributed by atoms with Crippen molar-refractivity contribution in [2.24, 2.45) is 0 Å². The van der Waals surface area contributed by atoms with E-state index >= 15 is 0 Å². The van der Waals surface area contributed by atoms with E-state index in [0.29, 0.717) is 24.1 Å². The molecule has 1 aliphatic rings. The van der Waals surface area contributed by atoms with Crippen LogP contribution in [0.2, 0.25) is 0 Å². The number of nitro benzene ring substituents is 3. The number of halogens is 1. The summed E-state index contributed by atoms with van der Waals surface area (Å²) in [4.78, 5) is 45.8. The maximum absolute atomic E-state index is 12.5. The molecule has 184 valence electrons. The smallest absolute Gasteiger partial charge is 0.283 e. The zero-order valence-electron chi connectivity index (χ0n) is 18.5. The summed E-state index contributed by atoms with van der Waals surface area (Å²) in [5.74, 6) is -0.660. The highest BCUT2D eigenvalue weighted by Gasteiger charge is 2.22. The van der Waals surface area contributed by atoms with Crippen molar-refractivity contribution in [1.82, 2.24) is 10.2 Å². The predicted octanol–water partition coefficient (Wildman–Crippen LogP) is 4.62. The lowest BCUT2D eigenvalue weighted by atomic mass is 10.1. The lowest BCUT2D eigenvalue weighted by molar-refractivity contribution is -0.394. The van der Waals surface area contributed by atoms with Gasteiger partial charge < -0.3 is 5.32 Å². The number of benzene rings is 3. The summed E-state index contributed by atoms with van der Waals surface area (Å²) >= 11 is 3.24. The molecule has 1 amide bonds. The van der Waals surface area contributed by atoms with Gasteiger partial charge >= 0.3 is 0 Å². The Morgan fingerprint density at radius 2 is 1.47 bits per heavy atom. The molecule has 12 nitrogen and oxygen atoms in total. The number of hydrogen-bond acceptors (Lipinski definition) is 8. The van der Waals surface area contributed by atoms with Crippen LogP contribution >= 0.6 is 15.9 Å². The normalized spacial score (nSPS) is 12.7. The van der Waals surface area contributed by atoms with E-state index in [1.54, 1.807) is 12.1 Å². The van der Waals surface area contributed by atoms with Gasteiger partial charge in [0.15, 0.2) is 0 Å². The lowest BCUT2D eigenvalue weighted by Gasteiger charge is -2.15. The highest BCUT2D eigenvalue weighted by atomic mass is 79.9. The summed E-state index contributed by atoms with van der Waals surface area (Å²) < 4.78 is 0.425. The van der Waals surface area contributed by atoms with E-state index in [0.717, 1.165) is 40.5 Å². The van der Waals surface area contributed by atoms with E-state index < -0.39 is 32.1 Å². The standard InChI is InChI=1S/C23H18BrN5O7/c24-21-6-15(2-4-22(21)29(35)36)11-26-12-16-3-1-14(5-18(16)13-26)10-25-23(30)17-7-19(27(31)32)9-20(8-17)28(33)34/h1-9H,10-13H2,(H,25,30). The SMILES string of the molecule is O=C(NCc1ccc2c(c1)CN(Cc1ccc([N+](=O)[O-])c(Br)c1)C2)c1cc([N+](=O)[O-])cc([N+](=O)[O-])c1. The molecule has 0 fully saturated rings. The molecule has 13 heteroatoms. The molecule has 0 spiro atoms. The van der Waals surface area contributed by atoms with Crippen LogP contribution in [0.25, 0.3) is 0 Å². The van der Waals surface area contributed by atoms with Crippen LogP contribution in [-0.4, -0.2) is 25.6 Å². The maximum atomic E-state index is 12.5. The molecule has 0 aliphatic carbocycles. The van der Waals surface area contributed by atoms with E-state index in [-0.39, 0.29) is 17.8 Å². The number of rotatable bonds is 8. The predicted molar refractivity (Wildman–Crippen MR) is 131 cm³/mol. The number of hydrogen-bond donors (Lipinski definition) is 1. The Morgan fingerprint density at radius 1 is 0.833 bits per heavy atom. The van der Waals surface area contributed by atoms with Gasteiger partial charge in [-0.3, -0.25) is 40.0 Å². The van der Waals surface area contributed by atoms with Gasteiger partial charge in [0.05, 0.1) is 30.9 Å². The second-order valence-electron chi connectivity index (χ2n) is 8.23. The van der Waals surface area contributed by atoms with Gasteiger partial charge in [-0.05, 0) is 44.3 Å². The zero-order chi connectivity index (χ0) is 26.0. The van der Waals surface area contributed by atoms with Crippen LogP contribution in [0.15, 0.2) is 59.1 Å². The first-order valence-electron chi connectivity index (χ1n) is 10.6. The molecule has 3 aromatic rings.